The predicted molar refractivity (Wildman–Crippen MR) is 94.2 cm³/mol. The lowest BCUT2D eigenvalue weighted by Gasteiger charge is -2.15. The topological polar surface area (TPSA) is 131 Å². The molecule has 1 aromatic carbocycles. The van der Waals surface area contributed by atoms with Gasteiger partial charge in [0.05, 0.1) is 30.8 Å². The van der Waals surface area contributed by atoms with E-state index in [0.29, 0.717) is 0 Å². The summed E-state index contributed by atoms with van der Waals surface area (Å²) < 4.78 is 10.5. The van der Waals surface area contributed by atoms with Crippen LogP contribution in [0.15, 0.2) is 20.5 Å². The fourth-order valence-electron chi connectivity index (χ4n) is 2.14. The van der Waals surface area contributed by atoms with E-state index in [9.17, 15) is 20.2 Å². The van der Waals surface area contributed by atoms with E-state index in [0.717, 1.165) is 11.8 Å². The number of hydrogen-bond donors (Lipinski definition) is 1. The number of nitriles is 1. The summed E-state index contributed by atoms with van der Waals surface area (Å²) >= 11 is 4.32. The van der Waals surface area contributed by atoms with Gasteiger partial charge in [-0.3, -0.25) is 14.9 Å². The van der Waals surface area contributed by atoms with Crippen molar-refractivity contribution >= 4 is 33.4 Å². The molecule has 0 bridgehead atoms. The Labute approximate surface area is 154 Å². The summed E-state index contributed by atoms with van der Waals surface area (Å²) in [5.74, 6) is 0.186. The Morgan fingerprint density at radius 3 is 2.60 bits per heavy atom. The largest absolute Gasteiger partial charge is 0.493 e. The number of nitrogens with zero attached hydrogens (tertiary/aromatic N) is 3. The average molecular weight is 427 g/mol. The molecule has 2 rings (SSSR count). The number of H-pyrrole nitrogens is 1. The molecule has 0 aliphatic carbocycles. The van der Waals surface area contributed by atoms with Gasteiger partial charge in [-0.25, -0.2) is 4.98 Å². The lowest BCUT2D eigenvalue weighted by Crippen LogP contribution is -2.15. The zero-order valence-corrected chi connectivity index (χ0v) is 15.6. The number of benzene rings is 1. The summed E-state index contributed by atoms with van der Waals surface area (Å²) in [6.45, 7) is 0. The van der Waals surface area contributed by atoms with Gasteiger partial charge in [0.25, 0.3) is 11.2 Å². The molecule has 0 saturated carbocycles. The minimum absolute atomic E-state index is 0.0248. The molecule has 1 aromatic heterocycles. The smallest absolute Gasteiger partial charge is 0.288 e. The standard InChI is InChI=1S/C14H11BrN4O5S/c1-23-8-4-7(19(21)22)10(15)9(12(8)24-2)11-6(5-16)13(20)18-14(17-11)25-3/h4H,1-3H3,(H,17,18,20). The van der Waals surface area contributed by atoms with Crippen molar-refractivity contribution in [1.29, 1.82) is 5.26 Å². The van der Waals surface area contributed by atoms with Crippen LogP contribution in [-0.2, 0) is 0 Å². The Balaban J connectivity index is 3.04. The number of nitro groups is 1. The van der Waals surface area contributed by atoms with Crippen molar-refractivity contribution in [2.75, 3.05) is 20.5 Å². The maximum absolute atomic E-state index is 12.2. The van der Waals surface area contributed by atoms with Gasteiger partial charge < -0.3 is 14.5 Å². The Bertz CT molecular complexity index is 954. The second-order valence-corrected chi connectivity index (χ2v) is 6.08. The molecule has 0 amide bonds. The molecule has 130 valence electrons. The quantitative estimate of drug-likeness (QED) is 0.334. The fourth-order valence-corrected chi connectivity index (χ4v) is 3.14. The highest BCUT2D eigenvalue weighted by Gasteiger charge is 2.29. The minimum Gasteiger partial charge on any atom is -0.493 e. The normalized spacial score (nSPS) is 10.2. The maximum Gasteiger partial charge on any atom is 0.288 e. The molecule has 1 heterocycles. The SMILES string of the molecule is COc1cc([N+](=O)[O-])c(Br)c(-c2nc(SC)[nH]c(=O)c2C#N)c1OC. The number of rotatable bonds is 5. The van der Waals surface area contributed by atoms with Crippen LogP contribution in [0.25, 0.3) is 11.3 Å². The number of methoxy groups -OCH3 is 2. The van der Waals surface area contributed by atoms with Gasteiger partial charge >= 0.3 is 0 Å². The lowest BCUT2D eigenvalue weighted by atomic mass is 10.0. The van der Waals surface area contributed by atoms with E-state index in [1.807, 2.05) is 0 Å². The van der Waals surface area contributed by atoms with E-state index in [2.05, 4.69) is 25.9 Å². The molecule has 0 spiro atoms. The third kappa shape index (κ3) is 3.31. The van der Waals surface area contributed by atoms with E-state index in [4.69, 9.17) is 9.47 Å². The van der Waals surface area contributed by atoms with E-state index in [-0.39, 0.29) is 43.6 Å². The molecule has 0 aliphatic heterocycles. The van der Waals surface area contributed by atoms with Gasteiger partial charge in [0.1, 0.15) is 21.8 Å². The zero-order chi connectivity index (χ0) is 18.7. The minimum atomic E-state index is -0.656. The second-order valence-electron chi connectivity index (χ2n) is 4.49. The highest BCUT2D eigenvalue weighted by molar-refractivity contribution is 9.10. The first-order chi connectivity index (χ1) is 11.9. The van der Waals surface area contributed by atoms with Gasteiger partial charge in [-0.1, -0.05) is 11.8 Å². The fraction of sp³-hybridized carbons (Fsp3) is 0.214. The van der Waals surface area contributed by atoms with Crippen LogP contribution < -0.4 is 15.0 Å². The van der Waals surface area contributed by atoms with Crippen molar-refractivity contribution < 1.29 is 14.4 Å². The molecule has 1 N–H and O–H groups in total. The summed E-state index contributed by atoms with van der Waals surface area (Å²) in [4.78, 5) is 29.6. The van der Waals surface area contributed by atoms with Gasteiger partial charge in [-0.2, -0.15) is 5.26 Å². The first-order valence-electron chi connectivity index (χ1n) is 6.57. The van der Waals surface area contributed by atoms with Crippen molar-refractivity contribution in [3.05, 3.63) is 36.6 Å². The maximum atomic E-state index is 12.2. The average Bonchev–Trinajstić information content (AvgIpc) is 2.59. The molecule has 25 heavy (non-hydrogen) atoms. The molecule has 2 aromatic rings. The van der Waals surface area contributed by atoms with Crippen LogP contribution >= 0.6 is 27.7 Å². The molecular weight excluding hydrogens is 416 g/mol. The number of thioether (sulfide) groups is 1. The van der Waals surface area contributed by atoms with Crippen LogP contribution in [-0.4, -0.2) is 35.4 Å². The van der Waals surface area contributed by atoms with Crippen molar-refractivity contribution in [2.45, 2.75) is 5.16 Å². The lowest BCUT2D eigenvalue weighted by molar-refractivity contribution is -0.385. The third-order valence-electron chi connectivity index (χ3n) is 3.22. The van der Waals surface area contributed by atoms with Gasteiger partial charge in [0.2, 0.25) is 0 Å². The number of aromatic amines is 1. The van der Waals surface area contributed by atoms with Crippen molar-refractivity contribution in [3.63, 3.8) is 0 Å². The van der Waals surface area contributed by atoms with Gasteiger partial charge in [-0.15, -0.1) is 0 Å². The molecule has 0 radical (unpaired) electrons. The summed E-state index contributed by atoms with van der Waals surface area (Å²) in [7, 11) is 2.66. The Morgan fingerprint density at radius 1 is 1.44 bits per heavy atom. The number of ether oxygens (including phenoxy) is 2. The number of aromatic nitrogens is 2. The Hall–Kier alpha value is -2.58. The molecule has 9 nitrogen and oxygen atoms in total. The molecule has 0 atom stereocenters. The third-order valence-corrected chi connectivity index (χ3v) is 4.61. The van der Waals surface area contributed by atoms with Crippen molar-refractivity contribution in [2.24, 2.45) is 0 Å². The zero-order valence-electron chi connectivity index (χ0n) is 13.2. The van der Waals surface area contributed by atoms with Crippen molar-refractivity contribution in [1.82, 2.24) is 9.97 Å². The molecule has 0 aliphatic rings. The summed E-state index contributed by atoms with van der Waals surface area (Å²) in [5, 5.41) is 20.9. The Kier molecular flexibility index (Phi) is 5.66. The van der Waals surface area contributed by atoms with E-state index in [1.165, 1.54) is 20.3 Å². The number of nitro benzene ring substituents is 1. The number of hydrogen-bond acceptors (Lipinski definition) is 8. The van der Waals surface area contributed by atoms with Crippen LogP contribution in [0.1, 0.15) is 5.56 Å². The van der Waals surface area contributed by atoms with Gasteiger partial charge in [0, 0.05) is 0 Å². The van der Waals surface area contributed by atoms with Crippen LogP contribution in [0.4, 0.5) is 5.69 Å². The van der Waals surface area contributed by atoms with Gasteiger partial charge in [0.15, 0.2) is 16.7 Å². The summed E-state index contributed by atoms with van der Waals surface area (Å²) in [5.41, 5.74) is -1.22. The van der Waals surface area contributed by atoms with E-state index >= 15 is 0 Å². The molecule has 11 heteroatoms. The number of nitrogens with one attached hydrogen (secondary N) is 1. The molecule has 0 saturated heterocycles. The second kappa shape index (κ2) is 7.54. The van der Waals surface area contributed by atoms with Crippen LogP contribution in [0.2, 0.25) is 0 Å². The first kappa shape index (κ1) is 18.8. The highest BCUT2D eigenvalue weighted by atomic mass is 79.9. The monoisotopic (exact) mass is 426 g/mol. The summed E-state index contributed by atoms with van der Waals surface area (Å²) in [6.07, 6.45) is 1.69. The number of halogens is 1. The molecule has 0 unspecified atom stereocenters. The van der Waals surface area contributed by atoms with Crippen LogP contribution in [0.5, 0.6) is 11.5 Å². The predicted octanol–water partition coefficient (Wildman–Crippen LogP) is 2.72. The van der Waals surface area contributed by atoms with Crippen molar-refractivity contribution in [3.8, 4) is 28.8 Å². The Morgan fingerprint density at radius 2 is 2.12 bits per heavy atom. The highest BCUT2D eigenvalue weighted by Crippen LogP contribution is 2.47. The molecular formula is C14H11BrN4O5S. The van der Waals surface area contributed by atoms with Gasteiger partial charge in [-0.05, 0) is 22.2 Å². The summed E-state index contributed by atoms with van der Waals surface area (Å²) in [6, 6.07) is 2.96. The first-order valence-corrected chi connectivity index (χ1v) is 8.58. The van der Waals surface area contributed by atoms with Crippen LogP contribution in [0.3, 0.4) is 0 Å². The van der Waals surface area contributed by atoms with Crippen LogP contribution in [0, 0.1) is 21.4 Å². The van der Waals surface area contributed by atoms with E-state index in [1.54, 1.807) is 12.3 Å². The van der Waals surface area contributed by atoms with E-state index < -0.39 is 10.5 Å². The molecule has 0 fully saturated rings.